The molecule has 0 unspecified atom stereocenters. The van der Waals surface area contributed by atoms with E-state index in [4.69, 9.17) is 4.74 Å². The third-order valence-electron chi connectivity index (χ3n) is 6.42. The molecule has 1 fully saturated rings. The number of methoxy groups -OCH3 is 1. The van der Waals surface area contributed by atoms with E-state index in [2.05, 4.69) is 15.6 Å². The predicted octanol–water partition coefficient (Wildman–Crippen LogP) is 5.53. The third kappa shape index (κ3) is 5.53. The lowest BCUT2D eigenvalue weighted by atomic mass is 10.1. The van der Waals surface area contributed by atoms with Crippen LogP contribution in [0.5, 0.6) is 5.75 Å². The third-order valence-corrected chi connectivity index (χ3v) is 7.57. The molecular formula is C28H26F2N4O4S. The van der Waals surface area contributed by atoms with Gasteiger partial charge < -0.3 is 25.0 Å². The van der Waals surface area contributed by atoms with Crippen molar-refractivity contribution in [3.8, 4) is 5.75 Å². The summed E-state index contributed by atoms with van der Waals surface area (Å²) < 4.78 is 38.7. The summed E-state index contributed by atoms with van der Waals surface area (Å²) in [5, 5.41) is 15.3. The first-order valence-corrected chi connectivity index (χ1v) is 13.3. The van der Waals surface area contributed by atoms with Gasteiger partial charge in [0.05, 0.1) is 22.9 Å². The Morgan fingerprint density at radius 2 is 1.87 bits per heavy atom. The quantitative estimate of drug-likeness (QED) is 0.165. The number of hydrogen-bond acceptors (Lipinski definition) is 7. The lowest BCUT2D eigenvalue weighted by Crippen LogP contribution is -2.22. The molecule has 0 radical (unpaired) electrons. The van der Waals surface area contributed by atoms with Gasteiger partial charge in [-0.15, -0.1) is 11.8 Å². The lowest BCUT2D eigenvalue weighted by molar-refractivity contribution is 0.0694. The summed E-state index contributed by atoms with van der Waals surface area (Å²) in [7, 11) is 1.55. The van der Waals surface area contributed by atoms with Crippen LogP contribution in [0.25, 0.3) is 10.9 Å². The van der Waals surface area contributed by atoms with Crippen LogP contribution in [-0.4, -0.2) is 40.8 Å². The van der Waals surface area contributed by atoms with Crippen molar-refractivity contribution in [2.45, 2.75) is 29.5 Å². The number of thioether (sulfide) groups is 1. The Kier molecular flexibility index (Phi) is 7.69. The summed E-state index contributed by atoms with van der Waals surface area (Å²) in [6.45, 7) is 0.495. The van der Waals surface area contributed by atoms with Gasteiger partial charge in [0.25, 0.3) is 0 Å². The van der Waals surface area contributed by atoms with Crippen LogP contribution in [-0.2, 0) is 5.75 Å². The van der Waals surface area contributed by atoms with E-state index in [1.807, 2.05) is 18.2 Å². The summed E-state index contributed by atoms with van der Waals surface area (Å²) in [6, 6.07) is 12.4. The fourth-order valence-electron chi connectivity index (χ4n) is 4.31. The number of benzene rings is 2. The Morgan fingerprint density at radius 1 is 1.13 bits per heavy atom. The van der Waals surface area contributed by atoms with E-state index < -0.39 is 28.6 Å². The monoisotopic (exact) mass is 552 g/mol. The van der Waals surface area contributed by atoms with Gasteiger partial charge >= 0.3 is 5.97 Å². The Bertz CT molecular complexity index is 1580. The maximum atomic E-state index is 16.0. The van der Waals surface area contributed by atoms with Crippen molar-refractivity contribution in [1.29, 1.82) is 0 Å². The van der Waals surface area contributed by atoms with Crippen LogP contribution in [0.1, 0.15) is 34.8 Å². The van der Waals surface area contributed by atoms with Gasteiger partial charge in [0.2, 0.25) is 5.43 Å². The summed E-state index contributed by atoms with van der Waals surface area (Å²) in [5.74, 6) is -1.74. The number of carbonyl (C=O) groups is 1. The molecule has 0 saturated heterocycles. The Balaban J connectivity index is 1.56. The zero-order valence-electron chi connectivity index (χ0n) is 21.0. The van der Waals surface area contributed by atoms with Gasteiger partial charge in [0.15, 0.2) is 11.6 Å². The normalized spacial score (nSPS) is 12.9. The first-order chi connectivity index (χ1) is 18.9. The molecule has 0 spiro atoms. The molecule has 3 N–H and O–H groups in total. The van der Waals surface area contributed by atoms with Gasteiger partial charge in [-0.1, -0.05) is 18.2 Å². The highest BCUT2D eigenvalue weighted by atomic mass is 32.2. The second-order valence-corrected chi connectivity index (χ2v) is 10.1. The van der Waals surface area contributed by atoms with Crippen LogP contribution in [0, 0.1) is 11.6 Å². The molecule has 0 aliphatic heterocycles. The molecule has 2 aromatic carbocycles. The van der Waals surface area contributed by atoms with Gasteiger partial charge in [-0.3, -0.25) is 4.79 Å². The molecule has 0 amide bonds. The number of rotatable bonds is 11. The van der Waals surface area contributed by atoms with Gasteiger partial charge in [0, 0.05) is 37.3 Å². The fraction of sp³-hybridized carbons (Fsp3) is 0.250. The van der Waals surface area contributed by atoms with Crippen LogP contribution < -0.4 is 20.8 Å². The first kappa shape index (κ1) is 26.5. The highest BCUT2D eigenvalue weighted by Crippen LogP contribution is 2.43. The average molecular weight is 553 g/mol. The zero-order valence-corrected chi connectivity index (χ0v) is 21.9. The molecule has 5 rings (SSSR count). The van der Waals surface area contributed by atoms with Gasteiger partial charge in [0.1, 0.15) is 22.8 Å². The number of pyridine rings is 2. The molecule has 1 saturated carbocycles. The number of nitrogens with one attached hydrogen (secondary N) is 2. The van der Waals surface area contributed by atoms with E-state index in [1.54, 1.807) is 37.6 Å². The fourth-order valence-corrected chi connectivity index (χ4v) is 5.38. The van der Waals surface area contributed by atoms with Crippen molar-refractivity contribution >= 4 is 40.1 Å². The summed E-state index contributed by atoms with van der Waals surface area (Å²) in [4.78, 5) is 29.3. The van der Waals surface area contributed by atoms with E-state index in [9.17, 15) is 14.7 Å². The van der Waals surface area contributed by atoms with Crippen LogP contribution in [0.3, 0.4) is 0 Å². The van der Waals surface area contributed by atoms with E-state index in [1.165, 1.54) is 10.8 Å². The van der Waals surface area contributed by atoms with E-state index in [-0.39, 0.29) is 39.8 Å². The number of anilines is 2. The summed E-state index contributed by atoms with van der Waals surface area (Å²) in [6.07, 6.45) is 4.22. The number of carboxylic acids is 1. The van der Waals surface area contributed by atoms with E-state index >= 15 is 8.78 Å². The minimum Gasteiger partial charge on any atom is -0.497 e. The number of carboxylic acid groups (broad SMARTS) is 1. The van der Waals surface area contributed by atoms with Crippen molar-refractivity contribution in [1.82, 2.24) is 9.55 Å². The number of ether oxygens (including phenoxy) is 1. The minimum absolute atomic E-state index is 0.0914. The van der Waals surface area contributed by atoms with E-state index in [0.29, 0.717) is 31.0 Å². The lowest BCUT2D eigenvalue weighted by Gasteiger charge is -2.19. The number of nitrogens with zero attached hydrogens (tertiary/aromatic N) is 2. The second-order valence-electron chi connectivity index (χ2n) is 9.08. The first-order valence-electron chi connectivity index (χ1n) is 12.4. The number of hydrogen-bond donors (Lipinski definition) is 3. The molecule has 0 bridgehead atoms. The van der Waals surface area contributed by atoms with Crippen molar-refractivity contribution in [3.63, 3.8) is 0 Å². The molecular weight excluding hydrogens is 526 g/mol. The molecule has 1 aliphatic carbocycles. The van der Waals surface area contributed by atoms with Crippen LogP contribution in [0.15, 0.2) is 64.5 Å². The Labute approximate surface area is 227 Å². The molecule has 2 aromatic heterocycles. The maximum absolute atomic E-state index is 16.0. The second kappa shape index (κ2) is 11.3. The van der Waals surface area contributed by atoms with Crippen LogP contribution in [0.4, 0.5) is 20.3 Å². The highest BCUT2D eigenvalue weighted by Gasteiger charge is 2.32. The van der Waals surface area contributed by atoms with Gasteiger partial charge in [-0.2, -0.15) is 0 Å². The molecule has 39 heavy (non-hydrogen) atoms. The van der Waals surface area contributed by atoms with Crippen molar-refractivity contribution in [2.75, 3.05) is 30.8 Å². The Hall–Kier alpha value is -4.12. The van der Waals surface area contributed by atoms with Crippen molar-refractivity contribution in [3.05, 3.63) is 87.8 Å². The molecule has 4 aromatic rings. The van der Waals surface area contributed by atoms with Gasteiger partial charge in [-0.05, 0) is 42.7 Å². The molecule has 8 nitrogen and oxygen atoms in total. The molecule has 2 heterocycles. The maximum Gasteiger partial charge on any atom is 0.341 e. The van der Waals surface area contributed by atoms with Crippen molar-refractivity contribution < 1.29 is 23.4 Å². The molecule has 1 aliphatic rings. The topological polar surface area (TPSA) is 105 Å². The number of aromatic carboxylic acids is 1. The average Bonchev–Trinajstić information content (AvgIpc) is 3.79. The van der Waals surface area contributed by atoms with Crippen LogP contribution >= 0.6 is 11.8 Å². The van der Waals surface area contributed by atoms with Crippen LogP contribution in [0.2, 0.25) is 0 Å². The minimum atomic E-state index is -1.44. The summed E-state index contributed by atoms with van der Waals surface area (Å²) in [5.41, 5.74) is -1.05. The number of halogens is 2. The molecule has 0 atom stereocenters. The SMILES string of the molecule is COc1ccc(CSc2c(F)c(NCCNc3ccccn3)c(F)c3c2c(=O)c(C(=O)O)cn3C2CC2)cc1. The predicted molar refractivity (Wildman–Crippen MR) is 147 cm³/mol. The molecule has 11 heteroatoms. The summed E-state index contributed by atoms with van der Waals surface area (Å²) >= 11 is 1.02. The Morgan fingerprint density at radius 3 is 2.51 bits per heavy atom. The highest BCUT2D eigenvalue weighted by molar-refractivity contribution is 7.98. The number of fused-ring (bicyclic) bond motifs is 1. The standard InChI is InChI=1S/C28H26F2N4O4S/c1-38-18-9-5-16(6-10-18)15-39-27-21-25(34(17-7-8-17)14-19(26(21)35)28(36)37)22(29)24(23(27)30)33-13-12-32-20-4-2-3-11-31-20/h2-6,9-11,14,17,33H,7-8,12-13,15H2,1H3,(H,31,32)(H,36,37). The van der Waals surface area contributed by atoms with Crippen molar-refractivity contribution in [2.24, 2.45) is 0 Å². The smallest absolute Gasteiger partial charge is 0.341 e. The van der Waals surface area contributed by atoms with E-state index in [0.717, 1.165) is 17.3 Å². The largest absolute Gasteiger partial charge is 0.497 e. The zero-order chi connectivity index (χ0) is 27.5. The van der Waals surface area contributed by atoms with Gasteiger partial charge in [-0.25, -0.2) is 18.6 Å². The molecule has 202 valence electrons. The number of aromatic nitrogens is 2.